The smallest absolute Gasteiger partial charge is 0.107 e. The molecule has 0 atom stereocenters. The fourth-order valence-electron chi connectivity index (χ4n) is 1.51. The van der Waals surface area contributed by atoms with Gasteiger partial charge in [0.05, 0.1) is 12.5 Å². The van der Waals surface area contributed by atoms with Crippen LogP contribution in [0.3, 0.4) is 0 Å². The van der Waals surface area contributed by atoms with Gasteiger partial charge in [0.25, 0.3) is 0 Å². The van der Waals surface area contributed by atoms with Crippen LogP contribution in [0.1, 0.15) is 11.1 Å². The van der Waals surface area contributed by atoms with E-state index in [1.165, 1.54) is 0 Å². The molecule has 1 aromatic carbocycles. The van der Waals surface area contributed by atoms with Gasteiger partial charge in [-0.15, -0.1) is 0 Å². The number of nitrogens with two attached hydrogens (primary N) is 1. The third kappa shape index (κ3) is 2.87. The molecule has 1 heterocycles. The van der Waals surface area contributed by atoms with Gasteiger partial charge in [-0.1, -0.05) is 18.3 Å². The summed E-state index contributed by atoms with van der Waals surface area (Å²) in [7, 11) is 0. The quantitative estimate of drug-likeness (QED) is 0.851. The summed E-state index contributed by atoms with van der Waals surface area (Å²) in [6.45, 7) is 0.669. The minimum atomic E-state index is 0.368. The molecule has 0 saturated heterocycles. The first-order valence-electron chi connectivity index (χ1n) is 5.01. The van der Waals surface area contributed by atoms with Gasteiger partial charge in [0.15, 0.2) is 0 Å². The standard InChI is InChI=1S/C12H11BrN2OS/c13-9-2-1-3-10(11(9)12(14)17)15-6-8-4-5-16-7-8/h1-5,7,15H,6H2,(H2,14,17). The largest absolute Gasteiger partial charge is 0.472 e. The molecule has 3 N–H and O–H groups in total. The molecular formula is C12H11BrN2OS. The SMILES string of the molecule is NC(=S)c1c(Br)cccc1NCc1ccoc1. The van der Waals surface area contributed by atoms with Crippen LogP contribution < -0.4 is 11.1 Å². The summed E-state index contributed by atoms with van der Waals surface area (Å²) in [6.07, 6.45) is 3.35. The van der Waals surface area contributed by atoms with Crippen molar-refractivity contribution in [3.8, 4) is 0 Å². The van der Waals surface area contributed by atoms with E-state index in [0.717, 1.165) is 21.3 Å². The average molecular weight is 311 g/mol. The fraction of sp³-hybridized carbons (Fsp3) is 0.0833. The van der Waals surface area contributed by atoms with E-state index in [0.29, 0.717) is 11.5 Å². The van der Waals surface area contributed by atoms with Gasteiger partial charge in [-0.05, 0) is 34.1 Å². The highest BCUT2D eigenvalue weighted by Crippen LogP contribution is 2.25. The molecule has 17 heavy (non-hydrogen) atoms. The number of anilines is 1. The predicted molar refractivity (Wildman–Crippen MR) is 76.1 cm³/mol. The number of halogens is 1. The first-order valence-corrected chi connectivity index (χ1v) is 6.22. The number of thiocarbonyl (C=S) groups is 1. The van der Waals surface area contributed by atoms with Crippen LogP contribution in [0.25, 0.3) is 0 Å². The lowest BCUT2D eigenvalue weighted by atomic mass is 10.1. The lowest BCUT2D eigenvalue weighted by molar-refractivity contribution is 0.564. The number of benzene rings is 1. The molecule has 2 aromatic rings. The summed E-state index contributed by atoms with van der Waals surface area (Å²) in [5.41, 5.74) is 8.51. The van der Waals surface area contributed by atoms with Crippen LogP contribution in [0.2, 0.25) is 0 Å². The van der Waals surface area contributed by atoms with Crippen LogP contribution in [-0.4, -0.2) is 4.99 Å². The van der Waals surface area contributed by atoms with E-state index in [1.807, 2.05) is 24.3 Å². The third-order valence-corrected chi connectivity index (χ3v) is 3.19. The number of hydrogen-bond acceptors (Lipinski definition) is 3. The van der Waals surface area contributed by atoms with Crippen LogP contribution in [0.4, 0.5) is 5.69 Å². The van der Waals surface area contributed by atoms with Crippen molar-refractivity contribution < 1.29 is 4.42 Å². The molecule has 5 heteroatoms. The lowest BCUT2D eigenvalue weighted by Gasteiger charge is -2.11. The molecule has 88 valence electrons. The van der Waals surface area contributed by atoms with E-state index >= 15 is 0 Å². The van der Waals surface area contributed by atoms with Crippen LogP contribution in [0, 0.1) is 0 Å². The Morgan fingerprint density at radius 2 is 2.24 bits per heavy atom. The molecule has 3 nitrogen and oxygen atoms in total. The molecule has 1 aromatic heterocycles. The van der Waals surface area contributed by atoms with Gasteiger partial charge in [-0.3, -0.25) is 0 Å². The Labute approximate surface area is 113 Å². The van der Waals surface area contributed by atoms with Crippen LogP contribution in [0.5, 0.6) is 0 Å². The highest BCUT2D eigenvalue weighted by atomic mass is 79.9. The Morgan fingerprint density at radius 3 is 2.88 bits per heavy atom. The second-order valence-electron chi connectivity index (χ2n) is 3.51. The molecular weight excluding hydrogens is 300 g/mol. The molecule has 0 radical (unpaired) electrons. The molecule has 0 amide bonds. The summed E-state index contributed by atoms with van der Waals surface area (Å²) in [5, 5.41) is 3.28. The zero-order valence-electron chi connectivity index (χ0n) is 8.94. The Hall–Kier alpha value is -1.33. The van der Waals surface area contributed by atoms with Gasteiger partial charge in [0.1, 0.15) is 4.99 Å². The topological polar surface area (TPSA) is 51.2 Å². The van der Waals surface area contributed by atoms with Crippen LogP contribution in [0.15, 0.2) is 45.7 Å². The highest BCUT2D eigenvalue weighted by Gasteiger charge is 2.08. The summed E-state index contributed by atoms with van der Waals surface area (Å²) < 4.78 is 5.90. The number of nitrogens with one attached hydrogen (secondary N) is 1. The van der Waals surface area contributed by atoms with Crippen molar-refractivity contribution in [3.05, 3.63) is 52.4 Å². The van der Waals surface area contributed by atoms with Crippen molar-refractivity contribution in [1.29, 1.82) is 0 Å². The predicted octanol–water partition coefficient (Wildman–Crippen LogP) is 3.29. The summed E-state index contributed by atoms with van der Waals surface area (Å²) >= 11 is 8.48. The van der Waals surface area contributed by atoms with Gasteiger partial charge in [0.2, 0.25) is 0 Å². The van der Waals surface area contributed by atoms with Crippen molar-refractivity contribution >= 4 is 38.8 Å². The molecule has 2 rings (SSSR count). The Morgan fingerprint density at radius 1 is 1.41 bits per heavy atom. The van der Waals surface area contributed by atoms with Gasteiger partial charge < -0.3 is 15.5 Å². The van der Waals surface area contributed by atoms with Crippen molar-refractivity contribution in [2.75, 3.05) is 5.32 Å². The van der Waals surface area contributed by atoms with Crippen molar-refractivity contribution in [2.24, 2.45) is 5.73 Å². The molecule has 0 aliphatic rings. The highest BCUT2D eigenvalue weighted by molar-refractivity contribution is 9.10. The summed E-state index contributed by atoms with van der Waals surface area (Å²) in [5.74, 6) is 0. The second kappa shape index (κ2) is 5.33. The van der Waals surface area contributed by atoms with E-state index in [9.17, 15) is 0 Å². The van der Waals surface area contributed by atoms with Crippen molar-refractivity contribution in [3.63, 3.8) is 0 Å². The van der Waals surface area contributed by atoms with Crippen LogP contribution >= 0.6 is 28.1 Å². The normalized spacial score (nSPS) is 10.2. The zero-order valence-corrected chi connectivity index (χ0v) is 11.3. The van der Waals surface area contributed by atoms with Gasteiger partial charge in [-0.25, -0.2) is 0 Å². The molecule has 0 aliphatic carbocycles. The van der Waals surface area contributed by atoms with E-state index in [2.05, 4.69) is 21.2 Å². The maximum atomic E-state index is 5.71. The van der Waals surface area contributed by atoms with Crippen molar-refractivity contribution in [2.45, 2.75) is 6.54 Å². The van der Waals surface area contributed by atoms with E-state index in [4.69, 9.17) is 22.4 Å². The fourth-order valence-corrected chi connectivity index (χ4v) is 2.44. The van der Waals surface area contributed by atoms with Gasteiger partial charge >= 0.3 is 0 Å². The van der Waals surface area contributed by atoms with E-state index in [1.54, 1.807) is 12.5 Å². The molecule has 0 unspecified atom stereocenters. The Kier molecular flexibility index (Phi) is 3.81. The third-order valence-electron chi connectivity index (χ3n) is 2.32. The van der Waals surface area contributed by atoms with Gasteiger partial charge in [0, 0.05) is 27.8 Å². The second-order valence-corrected chi connectivity index (χ2v) is 4.81. The maximum Gasteiger partial charge on any atom is 0.107 e. The average Bonchev–Trinajstić information content (AvgIpc) is 2.78. The number of hydrogen-bond donors (Lipinski definition) is 2. The minimum absolute atomic E-state index is 0.368. The monoisotopic (exact) mass is 310 g/mol. The molecule has 0 saturated carbocycles. The van der Waals surface area contributed by atoms with Gasteiger partial charge in [-0.2, -0.15) is 0 Å². The molecule has 0 spiro atoms. The molecule has 0 bridgehead atoms. The molecule has 0 fully saturated rings. The summed E-state index contributed by atoms with van der Waals surface area (Å²) in [4.78, 5) is 0.368. The van der Waals surface area contributed by atoms with Crippen LogP contribution in [-0.2, 0) is 6.54 Å². The zero-order chi connectivity index (χ0) is 12.3. The Balaban J connectivity index is 2.21. The lowest BCUT2D eigenvalue weighted by Crippen LogP contribution is -2.14. The first-order chi connectivity index (χ1) is 8.18. The van der Waals surface area contributed by atoms with E-state index in [-0.39, 0.29) is 0 Å². The maximum absolute atomic E-state index is 5.71. The minimum Gasteiger partial charge on any atom is -0.472 e. The summed E-state index contributed by atoms with van der Waals surface area (Å²) in [6, 6.07) is 7.70. The number of furan rings is 1. The number of rotatable bonds is 4. The van der Waals surface area contributed by atoms with E-state index < -0.39 is 0 Å². The van der Waals surface area contributed by atoms with Crippen molar-refractivity contribution in [1.82, 2.24) is 0 Å². The molecule has 0 aliphatic heterocycles. The Bertz CT molecular complexity index is 525. The first kappa shape index (κ1) is 12.1.